The predicted octanol–water partition coefficient (Wildman–Crippen LogP) is 2.76. The van der Waals surface area contributed by atoms with Gasteiger partial charge in [-0.25, -0.2) is 0 Å². The molecule has 3 heteroatoms. The lowest BCUT2D eigenvalue weighted by Gasteiger charge is -2.12. The number of nitrogens with zero attached hydrogens (tertiary/aromatic N) is 1. The van der Waals surface area contributed by atoms with Gasteiger partial charge in [-0.2, -0.15) is 0 Å². The minimum Gasteiger partial charge on any atom is -0.481 e. The van der Waals surface area contributed by atoms with Crippen molar-refractivity contribution >= 4 is 16.9 Å². The van der Waals surface area contributed by atoms with Gasteiger partial charge in [-0.3, -0.25) is 4.79 Å². The van der Waals surface area contributed by atoms with Crippen LogP contribution in [0.5, 0.6) is 0 Å². The number of aryl methyl sites for hydroxylation is 1. The molecule has 0 fully saturated rings. The lowest BCUT2D eigenvalue weighted by atomic mass is 9.95. The molecule has 0 aliphatic heterocycles. The van der Waals surface area contributed by atoms with Crippen molar-refractivity contribution in [2.75, 3.05) is 0 Å². The van der Waals surface area contributed by atoms with Crippen LogP contribution in [0.4, 0.5) is 0 Å². The van der Waals surface area contributed by atoms with Gasteiger partial charge >= 0.3 is 5.97 Å². The second kappa shape index (κ2) is 4.00. The largest absolute Gasteiger partial charge is 0.481 e. The van der Waals surface area contributed by atoms with E-state index in [0.717, 1.165) is 16.5 Å². The quantitative estimate of drug-likeness (QED) is 0.859. The highest BCUT2D eigenvalue weighted by atomic mass is 16.4. The highest BCUT2D eigenvalue weighted by Crippen LogP contribution is 2.28. The van der Waals surface area contributed by atoms with Crippen LogP contribution in [0.15, 0.2) is 30.5 Å². The molecule has 3 nitrogen and oxygen atoms in total. The van der Waals surface area contributed by atoms with E-state index in [9.17, 15) is 9.90 Å². The van der Waals surface area contributed by atoms with Crippen molar-refractivity contribution in [2.24, 2.45) is 7.05 Å². The van der Waals surface area contributed by atoms with Crippen LogP contribution in [0, 0.1) is 0 Å². The molecular formula is C13H15NO2. The van der Waals surface area contributed by atoms with Crippen LogP contribution in [0.25, 0.3) is 10.9 Å². The Morgan fingerprint density at radius 3 is 2.81 bits per heavy atom. The van der Waals surface area contributed by atoms with E-state index in [4.69, 9.17) is 0 Å². The van der Waals surface area contributed by atoms with Crippen LogP contribution in [-0.2, 0) is 11.8 Å². The number of carbonyl (C=O) groups is 1. The third-order valence-electron chi connectivity index (χ3n) is 3.01. The molecular weight excluding hydrogens is 202 g/mol. The summed E-state index contributed by atoms with van der Waals surface area (Å²) in [6, 6.07) is 7.84. The van der Waals surface area contributed by atoms with Crippen molar-refractivity contribution in [2.45, 2.75) is 19.3 Å². The molecule has 1 heterocycles. The Hall–Kier alpha value is -1.77. The van der Waals surface area contributed by atoms with Gasteiger partial charge in [0, 0.05) is 13.2 Å². The molecule has 16 heavy (non-hydrogen) atoms. The molecule has 0 spiro atoms. The summed E-state index contributed by atoms with van der Waals surface area (Å²) in [4.78, 5) is 11.2. The molecule has 0 saturated heterocycles. The summed E-state index contributed by atoms with van der Waals surface area (Å²) in [7, 11) is 1.94. The number of carboxylic acids is 1. The first-order chi connectivity index (χ1) is 7.65. The van der Waals surface area contributed by atoms with Gasteiger partial charge in [0.2, 0.25) is 0 Å². The molecule has 1 unspecified atom stereocenters. The number of carboxylic acid groups (broad SMARTS) is 1. The maximum atomic E-state index is 11.2. The number of para-hydroxylation sites is 1. The Labute approximate surface area is 94.3 Å². The second-order valence-electron chi connectivity index (χ2n) is 4.01. The monoisotopic (exact) mass is 217 g/mol. The Morgan fingerprint density at radius 2 is 2.19 bits per heavy atom. The highest BCUT2D eigenvalue weighted by molar-refractivity contribution is 5.89. The van der Waals surface area contributed by atoms with Crippen molar-refractivity contribution in [1.29, 1.82) is 0 Å². The predicted molar refractivity (Wildman–Crippen MR) is 63.6 cm³/mol. The summed E-state index contributed by atoms with van der Waals surface area (Å²) in [5.41, 5.74) is 1.93. The number of rotatable bonds is 3. The fourth-order valence-electron chi connectivity index (χ4n) is 2.20. The van der Waals surface area contributed by atoms with Crippen LogP contribution in [0.1, 0.15) is 24.8 Å². The first-order valence-electron chi connectivity index (χ1n) is 5.42. The van der Waals surface area contributed by atoms with Crippen molar-refractivity contribution in [3.05, 3.63) is 36.0 Å². The summed E-state index contributed by atoms with van der Waals surface area (Å²) >= 11 is 0. The molecule has 0 amide bonds. The van der Waals surface area contributed by atoms with Gasteiger partial charge in [-0.1, -0.05) is 25.1 Å². The lowest BCUT2D eigenvalue weighted by molar-refractivity contribution is -0.138. The average molecular weight is 217 g/mol. The number of hydrogen-bond acceptors (Lipinski definition) is 1. The van der Waals surface area contributed by atoms with Gasteiger partial charge in [0.25, 0.3) is 0 Å². The van der Waals surface area contributed by atoms with Crippen LogP contribution >= 0.6 is 0 Å². The average Bonchev–Trinajstić information content (AvgIpc) is 2.62. The van der Waals surface area contributed by atoms with E-state index in [2.05, 4.69) is 0 Å². The number of hydrogen-bond donors (Lipinski definition) is 1. The maximum Gasteiger partial charge on any atom is 0.311 e. The van der Waals surface area contributed by atoms with E-state index >= 15 is 0 Å². The minimum atomic E-state index is -0.754. The number of fused-ring (bicyclic) bond motifs is 1. The molecule has 0 saturated carbocycles. The minimum absolute atomic E-state index is 0.419. The van der Waals surface area contributed by atoms with Crippen molar-refractivity contribution in [3.8, 4) is 0 Å². The topological polar surface area (TPSA) is 42.2 Å². The molecule has 0 bridgehead atoms. The molecule has 2 rings (SSSR count). The standard InChI is InChI=1S/C13H15NO2/c1-3-10(13(15)16)11-6-4-5-9-7-8-14(2)12(9)11/h4-8,10H,3H2,1-2H3,(H,15,16). The Morgan fingerprint density at radius 1 is 1.44 bits per heavy atom. The highest BCUT2D eigenvalue weighted by Gasteiger charge is 2.20. The van der Waals surface area contributed by atoms with E-state index in [0.29, 0.717) is 6.42 Å². The normalized spacial score (nSPS) is 12.9. The molecule has 0 radical (unpaired) electrons. The van der Waals surface area contributed by atoms with Crippen molar-refractivity contribution < 1.29 is 9.90 Å². The van der Waals surface area contributed by atoms with Crippen molar-refractivity contribution in [1.82, 2.24) is 4.57 Å². The smallest absolute Gasteiger partial charge is 0.311 e. The van der Waals surface area contributed by atoms with Crippen LogP contribution in [0.2, 0.25) is 0 Å². The lowest BCUT2D eigenvalue weighted by Crippen LogP contribution is -2.11. The Kier molecular flexibility index (Phi) is 2.69. The Bertz CT molecular complexity index is 528. The second-order valence-corrected chi connectivity index (χ2v) is 4.01. The SMILES string of the molecule is CCC(C(=O)O)c1cccc2ccn(C)c12. The summed E-state index contributed by atoms with van der Waals surface area (Å²) in [5, 5.41) is 10.3. The third kappa shape index (κ3) is 1.58. The number of aromatic nitrogens is 1. The molecule has 84 valence electrons. The fraction of sp³-hybridized carbons (Fsp3) is 0.308. The molecule has 0 aliphatic carbocycles. The van der Waals surface area contributed by atoms with E-state index in [1.54, 1.807) is 0 Å². The summed E-state index contributed by atoms with van der Waals surface area (Å²) in [5.74, 6) is -1.17. The molecule has 1 N–H and O–H groups in total. The number of benzene rings is 1. The molecule has 1 aromatic heterocycles. The van der Waals surface area contributed by atoms with Gasteiger partial charge in [-0.05, 0) is 23.4 Å². The van der Waals surface area contributed by atoms with E-state index in [-0.39, 0.29) is 0 Å². The van der Waals surface area contributed by atoms with Gasteiger partial charge in [0.15, 0.2) is 0 Å². The zero-order chi connectivity index (χ0) is 11.7. The third-order valence-corrected chi connectivity index (χ3v) is 3.01. The van der Waals surface area contributed by atoms with E-state index in [1.807, 2.05) is 49.0 Å². The van der Waals surface area contributed by atoms with E-state index in [1.165, 1.54) is 0 Å². The van der Waals surface area contributed by atoms with Gasteiger partial charge in [-0.15, -0.1) is 0 Å². The first-order valence-corrected chi connectivity index (χ1v) is 5.42. The molecule has 1 aromatic carbocycles. The van der Waals surface area contributed by atoms with Crippen molar-refractivity contribution in [3.63, 3.8) is 0 Å². The van der Waals surface area contributed by atoms with Crippen LogP contribution < -0.4 is 0 Å². The zero-order valence-corrected chi connectivity index (χ0v) is 9.47. The van der Waals surface area contributed by atoms with Gasteiger partial charge in [0.05, 0.1) is 11.4 Å². The zero-order valence-electron chi connectivity index (χ0n) is 9.47. The summed E-state index contributed by atoms with van der Waals surface area (Å²) in [6.45, 7) is 1.90. The van der Waals surface area contributed by atoms with Crippen LogP contribution in [-0.4, -0.2) is 15.6 Å². The van der Waals surface area contributed by atoms with Gasteiger partial charge < -0.3 is 9.67 Å². The maximum absolute atomic E-state index is 11.2. The summed E-state index contributed by atoms with van der Waals surface area (Å²) < 4.78 is 1.98. The Balaban J connectivity index is 2.67. The molecule has 0 aliphatic rings. The number of aliphatic carboxylic acids is 1. The van der Waals surface area contributed by atoms with Crippen LogP contribution in [0.3, 0.4) is 0 Å². The first kappa shape index (κ1) is 10.7. The van der Waals surface area contributed by atoms with E-state index < -0.39 is 11.9 Å². The molecule has 1 atom stereocenters. The summed E-state index contributed by atoms with van der Waals surface area (Å²) in [6.07, 6.45) is 2.57. The molecule has 2 aromatic rings. The fourth-order valence-corrected chi connectivity index (χ4v) is 2.20. The van der Waals surface area contributed by atoms with Gasteiger partial charge in [0.1, 0.15) is 0 Å².